The van der Waals surface area contributed by atoms with Gasteiger partial charge in [0.1, 0.15) is 0 Å². The fourth-order valence-electron chi connectivity index (χ4n) is 1.79. The van der Waals surface area contributed by atoms with E-state index in [0.29, 0.717) is 6.04 Å². The Morgan fingerprint density at radius 3 is 2.41 bits per heavy atom. The molecular formula is C13H15IN2S. The monoisotopic (exact) mass is 358 g/mol. The van der Waals surface area contributed by atoms with Crippen molar-refractivity contribution in [3.8, 4) is 0 Å². The maximum atomic E-state index is 5.62. The lowest BCUT2D eigenvalue weighted by Gasteiger charge is -2.15. The molecule has 0 radical (unpaired) electrons. The van der Waals surface area contributed by atoms with Crippen LogP contribution in [0, 0.1) is 3.57 Å². The molecule has 17 heavy (non-hydrogen) atoms. The second-order valence-corrected chi connectivity index (χ2v) is 6.06. The minimum Gasteiger partial charge on any atom is -0.271 e. The van der Waals surface area contributed by atoms with E-state index in [-0.39, 0.29) is 0 Å². The van der Waals surface area contributed by atoms with Gasteiger partial charge in [-0.1, -0.05) is 12.1 Å². The largest absolute Gasteiger partial charge is 0.271 e. The van der Waals surface area contributed by atoms with Gasteiger partial charge in [0.25, 0.3) is 0 Å². The molecular weight excluding hydrogens is 343 g/mol. The van der Waals surface area contributed by atoms with Crippen molar-refractivity contribution in [1.29, 1.82) is 0 Å². The lowest BCUT2D eigenvalue weighted by Crippen LogP contribution is -2.38. The molecule has 0 bridgehead atoms. The summed E-state index contributed by atoms with van der Waals surface area (Å²) < 4.78 is 1.27. The molecule has 3 N–H and O–H groups in total. The summed E-state index contributed by atoms with van der Waals surface area (Å²) in [7, 11) is 0. The smallest absolute Gasteiger partial charge is 0.0291 e. The number of hydrazine groups is 1. The van der Waals surface area contributed by atoms with Gasteiger partial charge in [-0.3, -0.25) is 11.3 Å². The molecule has 0 spiro atoms. The second-order valence-electron chi connectivity index (χ2n) is 4.03. The van der Waals surface area contributed by atoms with Crippen LogP contribution in [0.5, 0.6) is 0 Å². The first-order valence-electron chi connectivity index (χ1n) is 5.49. The van der Waals surface area contributed by atoms with E-state index in [1.807, 2.05) is 0 Å². The van der Waals surface area contributed by atoms with Gasteiger partial charge < -0.3 is 0 Å². The summed E-state index contributed by atoms with van der Waals surface area (Å²) in [6, 6.07) is 11.1. The zero-order valence-electron chi connectivity index (χ0n) is 9.40. The van der Waals surface area contributed by atoms with Gasteiger partial charge >= 0.3 is 0 Å². The minimum atomic E-state index is 0.296. The van der Waals surface area contributed by atoms with E-state index < -0.39 is 0 Å². The van der Waals surface area contributed by atoms with Crippen LogP contribution in [0.3, 0.4) is 0 Å². The topological polar surface area (TPSA) is 38.0 Å². The Bertz CT molecular complexity index is 439. The molecule has 0 saturated heterocycles. The molecule has 0 aliphatic carbocycles. The third kappa shape index (κ3) is 4.06. The Labute approximate surface area is 119 Å². The van der Waals surface area contributed by atoms with E-state index in [4.69, 9.17) is 5.84 Å². The fourth-order valence-corrected chi connectivity index (χ4v) is 2.83. The van der Waals surface area contributed by atoms with E-state index in [2.05, 4.69) is 69.1 Å². The predicted octanol–water partition coefficient (Wildman–Crippen LogP) is 2.97. The van der Waals surface area contributed by atoms with Gasteiger partial charge in [-0.25, -0.2) is 0 Å². The number of hydrogen-bond acceptors (Lipinski definition) is 3. The first-order valence-corrected chi connectivity index (χ1v) is 7.51. The van der Waals surface area contributed by atoms with Crippen molar-refractivity contribution in [2.24, 2.45) is 5.84 Å². The molecule has 0 saturated carbocycles. The van der Waals surface area contributed by atoms with Gasteiger partial charge in [0.15, 0.2) is 0 Å². The SMILES string of the molecule is NNC(Cc1ccc(I)cc1)Cc1ccsc1. The van der Waals surface area contributed by atoms with Gasteiger partial charge in [0.05, 0.1) is 0 Å². The van der Waals surface area contributed by atoms with Crippen molar-refractivity contribution in [2.75, 3.05) is 0 Å². The highest BCUT2D eigenvalue weighted by Gasteiger charge is 2.09. The van der Waals surface area contributed by atoms with Crippen LogP contribution in [0.15, 0.2) is 41.1 Å². The van der Waals surface area contributed by atoms with Crippen molar-refractivity contribution in [2.45, 2.75) is 18.9 Å². The van der Waals surface area contributed by atoms with Gasteiger partial charge in [0, 0.05) is 9.61 Å². The van der Waals surface area contributed by atoms with Crippen LogP contribution in [0.2, 0.25) is 0 Å². The Hall–Kier alpha value is -0.430. The number of rotatable bonds is 5. The third-order valence-corrected chi connectivity index (χ3v) is 4.14. The lowest BCUT2D eigenvalue weighted by atomic mass is 10.0. The Morgan fingerprint density at radius 1 is 1.12 bits per heavy atom. The summed E-state index contributed by atoms with van der Waals surface area (Å²) in [5.74, 6) is 5.62. The first kappa shape index (κ1) is 13.0. The highest BCUT2D eigenvalue weighted by molar-refractivity contribution is 14.1. The number of nitrogens with one attached hydrogen (secondary N) is 1. The van der Waals surface area contributed by atoms with Gasteiger partial charge in [-0.15, -0.1) is 0 Å². The normalized spacial score (nSPS) is 12.6. The molecule has 2 aromatic rings. The number of thiophene rings is 1. The van der Waals surface area contributed by atoms with E-state index in [0.717, 1.165) is 12.8 Å². The molecule has 0 aliphatic heterocycles. The quantitative estimate of drug-likeness (QED) is 0.490. The Morgan fingerprint density at radius 2 is 1.82 bits per heavy atom. The number of benzene rings is 1. The zero-order chi connectivity index (χ0) is 12.1. The van der Waals surface area contributed by atoms with Crippen LogP contribution in [0.1, 0.15) is 11.1 Å². The minimum absolute atomic E-state index is 0.296. The molecule has 2 nitrogen and oxygen atoms in total. The fraction of sp³-hybridized carbons (Fsp3) is 0.231. The predicted molar refractivity (Wildman–Crippen MR) is 82.0 cm³/mol. The van der Waals surface area contributed by atoms with Crippen molar-refractivity contribution in [1.82, 2.24) is 5.43 Å². The average molecular weight is 358 g/mol. The zero-order valence-corrected chi connectivity index (χ0v) is 12.4. The summed E-state index contributed by atoms with van der Waals surface area (Å²) in [4.78, 5) is 0. The molecule has 90 valence electrons. The second kappa shape index (κ2) is 6.49. The summed E-state index contributed by atoms with van der Waals surface area (Å²) >= 11 is 4.05. The molecule has 0 aliphatic rings. The van der Waals surface area contributed by atoms with E-state index >= 15 is 0 Å². The van der Waals surface area contributed by atoms with Crippen LogP contribution in [0.25, 0.3) is 0 Å². The lowest BCUT2D eigenvalue weighted by molar-refractivity contribution is 0.523. The molecule has 4 heteroatoms. The van der Waals surface area contributed by atoms with Gasteiger partial charge in [-0.2, -0.15) is 11.3 Å². The summed E-state index contributed by atoms with van der Waals surface area (Å²) in [6.45, 7) is 0. The summed E-state index contributed by atoms with van der Waals surface area (Å²) in [5, 5.41) is 4.28. The number of nitrogens with two attached hydrogens (primary N) is 1. The first-order chi connectivity index (χ1) is 8.28. The van der Waals surface area contributed by atoms with E-state index in [9.17, 15) is 0 Å². The molecule has 0 fully saturated rings. The van der Waals surface area contributed by atoms with Gasteiger partial charge in [-0.05, 0) is 75.5 Å². The molecule has 1 atom stereocenters. The number of hydrogen-bond donors (Lipinski definition) is 2. The summed E-state index contributed by atoms with van der Waals surface area (Å²) in [5.41, 5.74) is 5.58. The van der Waals surface area contributed by atoms with Crippen LogP contribution >= 0.6 is 33.9 Å². The van der Waals surface area contributed by atoms with E-state index in [1.54, 1.807) is 11.3 Å². The summed E-state index contributed by atoms with van der Waals surface area (Å²) in [6.07, 6.45) is 1.94. The third-order valence-electron chi connectivity index (χ3n) is 2.69. The van der Waals surface area contributed by atoms with Crippen molar-refractivity contribution in [3.63, 3.8) is 0 Å². The van der Waals surface area contributed by atoms with E-state index in [1.165, 1.54) is 14.7 Å². The maximum absolute atomic E-state index is 5.62. The van der Waals surface area contributed by atoms with Gasteiger partial charge in [0.2, 0.25) is 0 Å². The average Bonchev–Trinajstić information content (AvgIpc) is 2.84. The van der Waals surface area contributed by atoms with Crippen LogP contribution in [-0.2, 0) is 12.8 Å². The van der Waals surface area contributed by atoms with Crippen LogP contribution in [-0.4, -0.2) is 6.04 Å². The van der Waals surface area contributed by atoms with Crippen LogP contribution in [0.4, 0.5) is 0 Å². The molecule has 0 amide bonds. The highest BCUT2D eigenvalue weighted by Crippen LogP contribution is 2.13. The molecule has 2 rings (SSSR count). The molecule has 1 aromatic carbocycles. The number of halogens is 1. The Kier molecular flexibility index (Phi) is 4.97. The van der Waals surface area contributed by atoms with Crippen LogP contribution < -0.4 is 11.3 Å². The Balaban J connectivity index is 1.97. The molecule has 1 unspecified atom stereocenters. The maximum Gasteiger partial charge on any atom is 0.0291 e. The van der Waals surface area contributed by atoms with Crippen molar-refractivity contribution >= 4 is 33.9 Å². The van der Waals surface area contributed by atoms with Crippen molar-refractivity contribution < 1.29 is 0 Å². The van der Waals surface area contributed by atoms with Crippen molar-refractivity contribution in [3.05, 3.63) is 55.8 Å². The standard InChI is InChI=1S/C13H15IN2S/c14-12-3-1-10(2-4-12)7-13(16-15)8-11-5-6-17-9-11/h1-6,9,13,16H,7-8,15H2. The molecule has 1 aromatic heterocycles. The molecule has 1 heterocycles. The highest BCUT2D eigenvalue weighted by atomic mass is 127.